The van der Waals surface area contributed by atoms with Gasteiger partial charge < -0.3 is 15.2 Å². The summed E-state index contributed by atoms with van der Waals surface area (Å²) in [6.07, 6.45) is 1.15. The van der Waals surface area contributed by atoms with Crippen molar-refractivity contribution in [1.82, 2.24) is 10.2 Å². The second-order valence-corrected chi connectivity index (χ2v) is 3.42. The fraction of sp³-hybridized carbons (Fsp3) is 1.00. The van der Waals surface area contributed by atoms with Crippen LogP contribution in [0.15, 0.2) is 0 Å². The van der Waals surface area contributed by atoms with Gasteiger partial charge in [0.1, 0.15) is 0 Å². The van der Waals surface area contributed by atoms with E-state index in [2.05, 4.69) is 10.2 Å². The number of rotatable bonds is 4. The van der Waals surface area contributed by atoms with Gasteiger partial charge in [0.15, 0.2) is 0 Å². The largest absolute Gasteiger partial charge is 0.395 e. The molecule has 0 amide bonds. The SMILES string of the molecule is COCCN1CCCNCC1CO. The van der Waals surface area contributed by atoms with Crippen LogP contribution in [0.4, 0.5) is 0 Å². The van der Waals surface area contributed by atoms with Gasteiger partial charge in [-0.3, -0.25) is 4.90 Å². The van der Waals surface area contributed by atoms with Crippen molar-refractivity contribution < 1.29 is 9.84 Å². The van der Waals surface area contributed by atoms with E-state index in [-0.39, 0.29) is 12.6 Å². The molecule has 2 N–H and O–H groups in total. The summed E-state index contributed by atoms with van der Waals surface area (Å²) in [4.78, 5) is 2.30. The van der Waals surface area contributed by atoms with E-state index in [1.54, 1.807) is 7.11 Å². The fourth-order valence-corrected chi connectivity index (χ4v) is 1.67. The molecule has 1 atom stereocenters. The first-order valence-electron chi connectivity index (χ1n) is 4.93. The van der Waals surface area contributed by atoms with Crippen molar-refractivity contribution in [3.8, 4) is 0 Å². The number of nitrogens with one attached hydrogen (secondary N) is 1. The van der Waals surface area contributed by atoms with E-state index >= 15 is 0 Å². The number of aliphatic hydroxyl groups excluding tert-OH is 1. The van der Waals surface area contributed by atoms with Crippen LogP contribution in [0.1, 0.15) is 6.42 Å². The molecule has 0 spiro atoms. The first-order chi connectivity index (χ1) is 6.38. The first-order valence-corrected chi connectivity index (χ1v) is 4.93. The van der Waals surface area contributed by atoms with E-state index in [4.69, 9.17) is 9.84 Å². The third kappa shape index (κ3) is 3.60. The average Bonchev–Trinajstić information content (AvgIpc) is 2.39. The van der Waals surface area contributed by atoms with Gasteiger partial charge in [-0.2, -0.15) is 0 Å². The lowest BCUT2D eigenvalue weighted by atomic mass is 10.2. The molecule has 1 rings (SSSR count). The topological polar surface area (TPSA) is 44.7 Å². The zero-order chi connectivity index (χ0) is 9.52. The molecule has 4 heteroatoms. The zero-order valence-corrected chi connectivity index (χ0v) is 8.33. The highest BCUT2D eigenvalue weighted by Gasteiger charge is 2.18. The van der Waals surface area contributed by atoms with Gasteiger partial charge in [0.25, 0.3) is 0 Å². The van der Waals surface area contributed by atoms with E-state index in [0.29, 0.717) is 0 Å². The molecule has 4 nitrogen and oxygen atoms in total. The van der Waals surface area contributed by atoms with Crippen LogP contribution in [-0.4, -0.2) is 62.6 Å². The van der Waals surface area contributed by atoms with Crippen molar-refractivity contribution in [3.05, 3.63) is 0 Å². The molecule has 0 bridgehead atoms. The summed E-state index contributed by atoms with van der Waals surface area (Å²) >= 11 is 0. The Morgan fingerprint density at radius 1 is 1.62 bits per heavy atom. The van der Waals surface area contributed by atoms with Crippen LogP contribution in [0.2, 0.25) is 0 Å². The molecular weight excluding hydrogens is 168 g/mol. The lowest BCUT2D eigenvalue weighted by Gasteiger charge is -2.27. The number of ether oxygens (including phenoxy) is 1. The standard InChI is InChI=1S/C9H20N2O2/c1-13-6-5-11-4-2-3-10-7-9(11)8-12/h9-10,12H,2-8H2,1H3. The lowest BCUT2D eigenvalue weighted by molar-refractivity contribution is 0.0936. The second-order valence-electron chi connectivity index (χ2n) is 3.42. The maximum atomic E-state index is 9.16. The molecule has 13 heavy (non-hydrogen) atoms. The van der Waals surface area contributed by atoms with Crippen LogP contribution < -0.4 is 5.32 Å². The summed E-state index contributed by atoms with van der Waals surface area (Å²) in [5.41, 5.74) is 0. The van der Waals surface area contributed by atoms with E-state index in [0.717, 1.165) is 39.2 Å². The highest BCUT2D eigenvalue weighted by Crippen LogP contribution is 2.03. The maximum absolute atomic E-state index is 9.16. The normalized spacial score (nSPS) is 25.8. The van der Waals surface area contributed by atoms with Gasteiger partial charge in [0.05, 0.1) is 13.2 Å². The minimum atomic E-state index is 0.233. The Balaban J connectivity index is 2.34. The Bertz CT molecular complexity index is 133. The van der Waals surface area contributed by atoms with Crippen LogP contribution in [0.3, 0.4) is 0 Å². The highest BCUT2D eigenvalue weighted by molar-refractivity contribution is 4.76. The third-order valence-electron chi connectivity index (χ3n) is 2.49. The van der Waals surface area contributed by atoms with Gasteiger partial charge in [-0.15, -0.1) is 0 Å². The molecule has 1 aliphatic heterocycles. The summed E-state index contributed by atoms with van der Waals surface area (Å²) in [5, 5.41) is 12.5. The third-order valence-corrected chi connectivity index (χ3v) is 2.49. The predicted molar refractivity (Wildman–Crippen MR) is 51.8 cm³/mol. The fourth-order valence-electron chi connectivity index (χ4n) is 1.67. The monoisotopic (exact) mass is 188 g/mol. The highest BCUT2D eigenvalue weighted by atomic mass is 16.5. The molecule has 0 saturated carbocycles. The Kier molecular flexibility index (Phi) is 5.31. The van der Waals surface area contributed by atoms with Crippen molar-refractivity contribution in [3.63, 3.8) is 0 Å². The van der Waals surface area contributed by atoms with E-state index in [1.165, 1.54) is 0 Å². The maximum Gasteiger partial charge on any atom is 0.0599 e. The Labute approximate surface area is 79.9 Å². The first kappa shape index (κ1) is 10.9. The van der Waals surface area contributed by atoms with Crippen LogP contribution in [0.5, 0.6) is 0 Å². The van der Waals surface area contributed by atoms with Crippen molar-refractivity contribution in [2.75, 3.05) is 46.5 Å². The number of hydrogen-bond donors (Lipinski definition) is 2. The van der Waals surface area contributed by atoms with Crippen LogP contribution in [0, 0.1) is 0 Å². The average molecular weight is 188 g/mol. The second kappa shape index (κ2) is 6.32. The summed E-state index contributed by atoms with van der Waals surface area (Å²) < 4.78 is 5.03. The summed E-state index contributed by atoms with van der Waals surface area (Å²) in [6.45, 7) is 4.90. The number of nitrogens with zero attached hydrogens (tertiary/aromatic N) is 1. The molecule has 0 radical (unpaired) electrons. The van der Waals surface area contributed by atoms with Crippen LogP contribution in [0.25, 0.3) is 0 Å². The molecule has 78 valence electrons. The Morgan fingerprint density at radius 2 is 2.46 bits per heavy atom. The molecular formula is C9H20N2O2. The molecule has 1 aliphatic rings. The quantitative estimate of drug-likeness (QED) is 0.612. The molecule has 0 aromatic heterocycles. The smallest absolute Gasteiger partial charge is 0.0599 e. The van der Waals surface area contributed by atoms with Crippen LogP contribution in [-0.2, 0) is 4.74 Å². The minimum absolute atomic E-state index is 0.233. The summed E-state index contributed by atoms with van der Waals surface area (Å²) in [7, 11) is 1.71. The van der Waals surface area contributed by atoms with E-state index in [1.807, 2.05) is 0 Å². The van der Waals surface area contributed by atoms with Gasteiger partial charge in [0.2, 0.25) is 0 Å². The van der Waals surface area contributed by atoms with Gasteiger partial charge in [-0.25, -0.2) is 0 Å². The van der Waals surface area contributed by atoms with Gasteiger partial charge in [-0.05, 0) is 19.5 Å². The molecule has 1 unspecified atom stereocenters. The van der Waals surface area contributed by atoms with E-state index in [9.17, 15) is 0 Å². The molecule has 0 aliphatic carbocycles. The van der Waals surface area contributed by atoms with Crippen LogP contribution >= 0.6 is 0 Å². The van der Waals surface area contributed by atoms with Crippen molar-refractivity contribution >= 4 is 0 Å². The Morgan fingerprint density at radius 3 is 3.15 bits per heavy atom. The van der Waals surface area contributed by atoms with E-state index < -0.39 is 0 Å². The number of methoxy groups -OCH3 is 1. The summed E-state index contributed by atoms with van der Waals surface area (Å²) in [6, 6.07) is 0.262. The van der Waals surface area contributed by atoms with Gasteiger partial charge in [0, 0.05) is 26.2 Å². The Hall–Kier alpha value is -0.160. The lowest BCUT2D eigenvalue weighted by Crippen LogP contribution is -2.43. The van der Waals surface area contributed by atoms with Crippen molar-refractivity contribution in [2.24, 2.45) is 0 Å². The molecule has 1 fully saturated rings. The molecule has 1 saturated heterocycles. The number of aliphatic hydroxyl groups is 1. The van der Waals surface area contributed by atoms with Gasteiger partial charge >= 0.3 is 0 Å². The van der Waals surface area contributed by atoms with Gasteiger partial charge in [-0.1, -0.05) is 0 Å². The minimum Gasteiger partial charge on any atom is -0.395 e. The molecule has 1 heterocycles. The number of hydrogen-bond acceptors (Lipinski definition) is 4. The van der Waals surface area contributed by atoms with Crippen molar-refractivity contribution in [2.45, 2.75) is 12.5 Å². The summed E-state index contributed by atoms with van der Waals surface area (Å²) in [5.74, 6) is 0. The molecule has 0 aromatic carbocycles. The zero-order valence-electron chi connectivity index (χ0n) is 8.33. The predicted octanol–water partition coefficient (Wildman–Crippen LogP) is -0.711. The molecule has 0 aromatic rings. The van der Waals surface area contributed by atoms with Crippen molar-refractivity contribution in [1.29, 1.82) is 0 Å².